The van der Waals surface area contributed by atoms with Crippen LogP contribution in [0, 0.1) is 0 Å². The summed E-state index contributed by atoms with van der Waals surface area (Å²) in [5.74, 6) is 0.108. The van der Waals surface area contributed by atoms with Crippen molar-refractivity contribution in [3.8, 4) is 0 Å². The van der Waals surface area contributed by atoms with Gasteiger partial charge >= 0.3 is 6.03 Å². The van der Waals surface area contributed by atoms with E-state index in [4.69, 9.17) is 0 Å². The van der Waals surface area contributed by atoms with Crippen molar-refractivity contribution in [3.63, 3.8) is 0 Å². The number of piperazine rings is 1. The van der Waals surface area contributed by atoms with Crippen LogP contribution in [0.25, 0.3) is 0 Å². The summed E-state index contributed by atoms with van der Waals surface area (Å²) in [6.07, 6.45) is 4.53. The number of hydrogen-bond acceptors (Lipinski definition) is 2. The molecule has 0 aliphatic carbocycles. The lowest BCUT2D eigenvalue weighted by Crippen LogP contribution is -2.56. The summed E-state index contributed by atoms with van der Waals surface area (Å²) in [6, 6.07) is 0.585. The van der Waals surface area contributed by atoms with Gasteiger partial charge in [0.2, 0.25) is 5.91 Å². The molecule has 2 saturated heterocycles. The van der Waals surface area contributed by atoms with Crippen LogP contribution in [0.1, 0.15) is 39.5 Å². The molecule has 3 amide bonds. The smallest absolute Gasteiger partial charge is 0.320 e. The molecule has 2 aliphatic heterocycles. The number of urea groups is 1. The van der Waals surface area contributed by atoms with Gasteiger partial charge in [0.25, 0.3) is 0 Å². The zero-order valence-electron chi connectivity index (χ0n) is 12.1. The number of amides is 3. The molecular formula is C14H25N3O2. The zero-order valence-corrected chi connectivity index (χ0v) is 12.1. The highest BCUT2D eigenvalue weighted by Crippen LogP contribution is 2.21. The summed E-state index contributed by atoms with van der Waals surface area (Å²) in [7, 11) is 0. The standard InChI is InChI=1S/C14H25N3O2/c1-3-13-6-4-5-7-17(13)14(19)16-10-8-15(9-11-16)12(2)18/h13H,3-11H2,1-2H3. The van der Waals surface area contributed by atoms with Crippen LogP contribution in [0.5, 0.6) is 0 Å². The fraction of sp³-hybridized carbons (Fsp3) is 0.857. The molecule has 0 aromatic heterocycles. The summed E-state index contributed by atoms with van der Waals surface area (Å²) >= 11 is 0. The van der Waals surface area contributed by atoms with E-state index in [2.05, 4.69) is 6.92 Å². The Bertz CT molecular complexity index is 338. The van der Waals surface area contributed by atoms with Crippen molar-refractivity contribution in [2.24, 2.45) is 0 Å². The van der Waals surface area contributed by atoms with Gasteiger partial charge in [-0.2, -0.15) is 0 Å². The largest absolute Gasteiger partial charge is 0.339 e. The van der Waals surface area contributed by atoms with Crippen LogP contribution in [0.2, 0.25) is 0 Å². The maximum absolute atomic E-state index is 12.5. The molecule has 2 aliphatic rings. The maximum Gasteiger partial charge on any atom is 0.320 e. The first kappa shape index (κ1) is 14.2. The van der Waals surface area contributed by atoms with E-state index in [0.717, 1.165) is 25.8 Å². The van der Waals surface area contributed by atoms with Gasteiger partial charge in [-0.3, -0.25) is 4.79 Å². The molecule has 5 heteroatoms. The van der Waals surface area contributed by atoms with Crippen LogP contribution in [-0.4, -0.2) is 65.4 Å². The minimum absolute atomic E-state index is 0.108. The van der Waals surface area contributed by atoms with Crippen molar-refractivity contribution in [1.29, 1.82) is 0 Å². The third-order valence-corrected chi connectivity index (χ3v) is 4.34. The molecular weight excluding hydrogens is 242 g/mol. The van der Waals surface area contributed by atoms with Crippen LogP contribution in [-0.2, 0) is 4.79 Å². The van der Waals surface area contributed by atoms with Gasteiger partial charge in [-0.25, -0.2) is 4.79 Å². The van der Waals surface area contributed by atoms with E-state index in [9.17, 15) is 9.59 Å². The summed E-state index contributed by atoms with van der Waals surface area (Å²) in [4.78, 5) is 29.6. The third kappa shape index (κ3) is 3.19. The van der Waals surface area contributed by atoms with Gasteiger partial charge in [-0.05, 0) is 25.7 Å². The molecule has 19 heavy (non-hydrogen) atoms. The molecule has 0 aromatic rings. The predicted molar refractivity (Wildman–Crippen MR) is 73.9 cm³/mol. The normalized spacial score (nSPS) is 24.5. The second-order valence-electron chi connectivity index (χ2n) is 5.53. The molecule has 108 valence electrons. The van der Waals surface area contributed by atoms with Gasteiger partial charge < -0.3 is 14.7 Å². The molecule has 1 atom stereocenters. The minimum atomic E-state index is 0.108. The summed E-state index contributed by atoms with van der Waals surface area (Å²) in [5, 5.41) is 0. The van der Waals surface area contributed by atoms with Crippen molar-refractivity contribution in [3.05, 3.63) is 0 Å². The third-order valence-electron chi connectivity index (χ3n) is 4.34. The molecule has 0 aromatic carbocycles. The molecule has 0 saturated carbocycles. The Kier molecular flexibility index (Phi) is 4.66. The Hall–Kier alpha value is -1.26. The van der Waals surface area contributed by atoms with Crippen molar-refractivity contribution >= 4 is 11.9 Å². The fourth-order valence-corrected chi connectivity index (χ4v) is 3.07. The first-order chi connectivity index (χ1) is 9.13. The number of rotatable bonds is 1. The monoisotopic (exact) mass is 267 g/mol. The van der Waals surface area contributed by atoms with Crippen molar-refractivity contribution in [2.45, 2.75) is 45.6 Å². The van der Waals surface area contributed by atoms with Crippen LogP contribution in [0.3, 0.4) is 0 Å². The van der Waals surface area contributed by atoms with Crippen LogP contribution >= 0.6 is 0 Å². The highest BCUT2D eigenvalue weighted by molar-refractivity contribution is 5.76. The van der Waals surface area contributed by atoms with Gasteiger partial charge in [0.05, 0.1) is 0 Å². The molecule has 2 heterocycles. The lowest BCUT2D eigenvalue weighted by atomic mass is 10.0. The number of hydrogen-bond donors (Lipinski definition) is 0. The predicted octanol–water partition coefficient (Wildman–Crippen LogP) is 1.54. The molecule has 2 fully saturated rings. The fourth-order valence-electron chi connectivity index (χ4n) is 3.07. The molecule has 5 nitrogen and oxygen atoms in total. The lowest BCUT2D eigenvalue weighted by molar-refractivity contribution is -0.130. The second kappa shape index (κ2) is 6.26. The first-order valence-electron chi connectivity index (χ1n) is 7.44. The van der Waals surface area contributed by atoms with E-state index in [-0.39, 0.29) is 11.9 Å². The van der Waals surface area contributed by atoms with Crippen molar-refractivity contribution < 1.29 is 9.59 Å². The Morgan fingerprint density at radius 2 is 1.63 bits per heavy atom. The Balaban J connectivity index is 1.91. The van der Waals surface area contributed by atoms with Crippen LogP contribution in [0.4, 0.5) is 4.79 Å². The van der Waals surface area contributed by atoms with Crippen LogP contribution < -0.4 is 0 Å². The van der Waals surface area contributed by atoms with E-state index >= 15 is 0 Å². The number of carbonyl (C=O) groups excluding carboxylic acids is 2. The highest BCUT2D eigenvalue weighted by atomic mass is 16.2. The highest BCUT2D eigenvalue weighted by Gasteiger charge is 2.30. The van der Waals surface area contributed by atoms with E-state index in [0.29, 0.717) is 32.2 Å². The summed E-state index contributed by atoms with van der Waals surface area (Å²) in [6.45, 7) is 7.33. The SMILES string of the molecule is CCC1CCCCN1C(=O)N1CCN(C(C)=O)CC1. The van der Waals surface area contributed by atoms with E-state index < -0.39 is 0 Å². The van der Waals surface area contributed by atoms with Crippen LogP contribution in [0.15, 0.2) is 0 Å². The summed E-state index contributed by atoms with van der Waals surface area (Å²) < 4.78 is 0. The van der Waals surface area contributed by atoms with Gasteiger partial charge in [0, 0.05) is 45.7 Å². The van der Waals surface area contributed by atoms with Gasteiger partial charge in [-0.1, -0.05) is 6.92 Å². The zero-order chi connectivity index (χ0) is 13.8. The average molecular weight is 267 g/mol. The molecule has 0 N–H and O–H groups in total. The minimum Gasteiger partial charge on any atom is -0.339 e. The number of piperidine rings is 1. The maximum atomic E-state index is 12.5. The molecule has 0 radical (unpaired) electrons. The van der Waals surface area contributed by atoms with Gasteiger partial charge in [-0.15, -0.1) is 0 Å². The van der Waals surface area contributed by atoms with Crippen molar-refractivity contribution in [2.75, 3.05) is 32.7 Å². The molecule has 2 rings (SSSR count). The number of carbonyl (C=O) groups is 2. The average Bonchev–Trinajstić information content (AvgIpc) is 2.46. The van der Waals surface area contributed by atoms with Gasteiger partial charge in [0.15, 0.2) is 0 Å². The number of likely N-dealkylation sites (tertiary alicyclic amines) is 1. The van der Waals surface area contributed by atoms with E-state index in [1.165, 1.54) is 6.42 Å². The first-order valence-corrected chi connectivity index (χ1v) is 7.44. The second-order valence-corrected chi connectivity index (χ2v) is 5.53. The quantitative estimate of drug-likeness (QED) is 0.723. The topological polar surface area (TPSA) is 43.9 Å². The molecule has 0 spiro atoms. The number of nitrogens with zero attached hydrogens (tertiary/aromatic N) is 3. The Morgan fingerprint density at radius 3 is 2.21 bits per heavy atom. The molecule has 0 bridgehead atoms. The van der Waals surface area contributed by atoms with E-state index in [1.807, 2.05) is 14.7 Å². The molecule has 1 unspecified atom stereocenters. The van der Waals surface area contributed by atoms with E-state index in [1.54, 1.807) is 6.92 Å². The van der Waals surface area contributed by atoms with Crippen molar-refractivity contribution in [1.82, 2.24) is 14.7 Å². The summed E-state index contributed by atoms with van der Waals surface area (Å²) in [5.41, 5.74) is 0. The van der Waals surface area contributed by atoms with Gasteiger partial charge in [0.1, 0.15) is 0 Å². The lowest BCUT2D eigenvalue weighted by Gasteiger charge is -2.41. The Morgan fingerprint density at radius 1 is 1.00 bits per heavy atom. The Labute approximate surface area is 115 Å².